The van der Waals surface area contributed by atoms with Gasteiger partial charge in [0.15, 0.2) is 0 Å². The number of benzene rings is 2. The van der Waals surface area contributed by atoms with Gasteiger partial charge in [-0.05, 0) is 59.7 Å². The quantitative estimate of drug-likeness (QED) is 0.227. The highest BCUT2D eigenvalue weighted by molar-refractivity contribution is 5.87. The molecule has 0 spiro atoms. The molecule has 184 valence electrons. The van der Waals surface area contributed by atoms with E-state index in [1.54, 1.807) is 18.3 Å². The minimum absolute atomic E-state index is 0.223. The minimum atomic E-state index is -0.929. The van der Waals surface area contributed by atoms with Crippen molar-refractivity contribution >= 4 is 28.9 Å². The van der Waals surface area contributed by atoms with Crippen LogP contribution >= 0.6 is 0 Å². The number of carbonyl (C=O) groups is 2. The lowest BCUT2D eigenvalue weighted by atomic mass is 10.0. The van der Waals surface area contributed by atoms with Crippen LogP contribution in [0.3, 0.4) is 0 Å². The van der Waals surface area contributed by atoms with Crippen molar-refractivity contribution in [2.75, 3.05) is 13.7 Å². The summed E-state index contributed by atoms with van der Waals surface area (Å²) in [4.78, 5) is 31.8. The van der Waals surface area contributed by atoms with Crippen LogP contribution in [0, 0.1) is 0 Å². The summed E-state index contributed by atoms with van der Waals surface area (Å²) >= 11 is 0. The third kappa shape index (κ3) is 4.97. The van der Waals surface area contributed by atoms with Crippen LogP contribution in [0.4, 0.5) is 0 Å². The molecule has 0 aliphatic heterocycles. The molecular weight excluding hydrogens is 454 g/mol. The van der Waals surface area contributed by atoms with E-state index in [-0.39, 0.29) is 17.6 Å². The van der Waals surface area contributed by atoms with Gasteiger partial charge in [0.1, 0.15) is 0 Å². The van der Waals surface area contributed by atoms with E-state index < -0.39 is 5.97 Å². The van der Waals surface area contributed by atoms with Crippen molar-refractivity contribution in [3.8, 4) is 0 Å². The van der Waals surface area contributed by atoms with E-state index in [1.807, 2.05) is 12.1 Å². The van der Waals surface area contributed by atoms with Crippen LogP contribution in [0.5, 0.6) is 0 Å². The Labute approximate surface area is 209 Å². The molecule has 5 rings (SSSR count). The number of para-hydroxylation sites is 1. The molecule has 7 nitrogen and oxygen atoms in total. The average Bonchev–Trinajstić information content (AvgIpc) is 3.63. The SMILES string of the molecule is COC(=O)/C=C/c1ccc2c(c1)CCC2N(CCc1c[nH]c2ccccc12)Cc1cc(C(=O)O)c[nH]1. The van der Waals surface area contributed by atoms with Crippen molar-refractivity contribution in [3.05, 3.63) is 101 Å². The number of fused-ring (bicyclic) bond motifs is 2. The molecule has 1 unspecified atom stereocenters. The Morgan fingerprint density at radius 2 is 2.00 bits per heavy atom. The number of aromatic nitrogens is 2. The van der Waals surface area contributed by atoms with Crippen molar-refractivity contribution in [1.82, 2.24) is 14.9 Å². The number of carboxylic acids is 1. The number of hydrogen-bond acceptors (Lipinski definition) is 4. The van der Waals surface area contributed by atoms with Crippen LogP contribution in [0.15, 0.2) is 67.0 Å². The van der Waals surface area contributed by atoms with Crippen LogP contribution in [0.2, 0.25) is 0 Å². The molecule has 0 bridgehead atoms. The zero-order valence-corrected chi connectivity index (χ0v) is 20.2. The van der Waals surface area contributed by atoms with Gasteiger partial charge in [0.05, 0.1) is 12.7 Å². The van der Waals surface area contributed by atoms with Crippen LogP contribution in [-0.2, 0) is 28.9 Å². The molecule has 1 aliphatic carbocycles. The van der Waals surface area contributed by atoms with Gasteiger partial charge in [0.25, 0.3) is 0 Å². The van der Waals surface area contributed by atoms with Crippen molar-refractivity contribution in [3.63, 3.8) is 0 Å². The molecule has 7 heteroatoms. The Bertz CT molecular complexity index is 1430. The molecule has 3 N–H and O–H groups in total. The number of carbonyl (C=O) groups excluding carboxylic acids is 1. The van der Waals surface area contributed by atoms with Gasteiger partial charge in [-0.25, -0.2) is 9.59 Å². The molecule has 0 radical (unpaired) electrons. The van der Waals surface area contributed by atoms with Crippen molar-refractivity contribution < 1.29 is 19.4 Å². The lowest BCUT2D eigenvalue weighted by molar-refractivity contribution is -0.134. The Morgan fingerprint density at radius 1 is 1.14 bits per heavy atom. The highest BCUT2D eigenvalue weighted by atomic mass is 16.5. The van der Waals surface area contributed by atoms with Crippen LogP contribution in [0.25, 0.3) is 17.0 Å². The monoisotopic (exact) mass is 483 g/mol. The van der Waals surface area contributed by atoms with E-state index in [1.165, 1.54) is 35.3 Å². The van der Waals surface area contributed by atoms with E-state index in [4.69, 9.17) is 4.74 Å². The summed E-state index contributed by atoms with van der Waals surface area (Å²) in [5, 5.41) is 10.6. The van der Waals surface area contributed by atoms with Gasteiger partial charge in [-0.2, -0.15) is 0 Å². The summed E-state index contributed by atoms with van der Waals surface area (Å²) in [6.45, 7) is 1.46. The molecule has 0 saturated carbocycles. The third-order valence-corrected chi connectivity index (χ3v) is 6.97. The standard InChI is InChI=1S/C29H29N3O4/c1-36-28(33)11-7-19-6-9-25-20(14-19)8-10-27(25)32(18-23-15-22(17-30-23)29(34)35)13-12-21-16-31-26-5-3-2-4-24(21)26/h2-7,9,11,14-17,27,30-31H,8,10,12-13,18H2,1H3,(H,34,35)/b11-7+. The average molecular weight is 484 g/mol. The van der Waals surface area contributed by atoms with Gasteiger partial charge in [0.2, 0.25) is 0 Å². The van der Waals surface area contributed by atoms with Gasteiger partial charge >= 0.3 is 11.9 Å². The first-order valence-corrected chi connectivity index (χ1v) is 12.1. The number of methoxy groups -OCH3 is 1. The number of carboxylic acid groups (broad SMARTS) is 1. The molecule has 1 aliphatic rings. The van der Waals surface area contributed by atoms with Crippen molar-refractivity contribution in [2.24, 2.45) is 0 Å². The normalized spacial score (nSPS) is 15.1. The van der Waals surface area contributed by atoms with Crippen molar-refractivity contribution in [2.45, 2.75) is 31.8 Å². The summed E-state index contributed by atoms with van der Waals surface area (Å²) in [6.07, 6.45) is 9.67. The van der Waals surface area contributed by atoms with Crippen LogP contribution in [-0.4, -0.2) is 45.6 Å². The number of nitrogens with zero attached hydrogens (tertiary/aromatic N) is 1. The van der Waals surface area contributed by atoms with E-state index in [2.05, 4.69) is 51.4 Å². The fourth-order valence-corrected chi connectivity index (χ4v) is 5.15. The van der Waals surface area contributed by atoms with Gasteiger partial charge < -0.3 is 19.8 Å². The lowest BCUT2D eigenvalue weighted by Gasteiger charge is -2.29. The summed E-state index contributed by atoms with van der Waals surface area (Å²) < 4.78 is 4.70. The molecule has 2 aromatic heterocycles. The number of aromatic carboxylic acids is 1. The fraction of sp³-hybridized carbons (Fsp3) is 0.241. The Kier molecular flexibility index (Phi) is 6.73. The first kappa shape index (κ1) is 23.6. The maximum Gasteiger partial charge on any atom is 0.337 e. The molecule has 4 aromatic rings. The third-order valence-electron chi connectivity index (χ3n) is 6.97. The van der Waals surface area contributed by atoms with Gasteiger partial charge in [0, 0.05) is 54.2 Å². The number of aryl methyl sites for hydroxylation is 1. The van der Waals surface area contributed by atoms with Crippen LogP contribution < -0.4 is 0 Å². The zero-order chi connectivity index (χ0) is 25.1. The molecule has 0 saturated heterocycles. The number of esters is 1. The predicted molar refractivity (Wildman–Crippen MR) is 139 cm³/mol. The first-order valence-electron chi connectivity index (χ1n) is 12.1. The number of aromatic amines is 2. The number of ether oxygens (including phenoxy) is 1. The largest absolute Gasteiger partial charge is 0.478 e. The highest BCUT2D eigenvalue weighted by Crippen LogP contribution is 2.37. The summed E-state index contributed by atoms with van der Waals surface area (Å²) in [5.41, 5.74) is 7.10. The molecule has 36 heavy (non-hydrogen) atoms. The maximum atomic E-state index is 11.5. The number of rotatable bonds is 9. The second-order valence-electron chi connectivity index (χ2n) is 9.17. The Morgan fingerprint density at radius 3 is 2.81 bits per heavy atom. The zero-order valence-electron chi connectivity index (χ0n) is 20.2. The Balaban J connectivity index is 1.40. The minimum Gasteiger partial charge on any atom is -0.478 e. The van der Waals surface area contributed by atoms with E-state index in [9.17, 15) is 14.7 Å². The number of H-pyrrole nitrogens is 2. The number of hydrogen-bond donors (Lipinski definition) is 3. The highest BCUT2D eigenvalue weighted by Gasteiger charge is 2.28. The molecule has 2 heterocycles. The molecule has 0 amide bonds. The molecule has 1 atom stereocenters. The number of nitrogens with one attached hydrogen (secondary N) is 2. The maximum absolute atomic E-state index is 11.5. The lowest BCUT2D eigenvalue weighted by Crippen LogP contribution is -2.29. The van der Waals surface area contributed by atoms with Crippen LogP contribution in [0.1, 0.15) is 50.8 Å². The second kappa shape index (κ2) is 10.3. The Hall–Kier alpha value is -4.10. The first-order chi connectivity index (χ1) is 17.5. The van der Waals surface area contributed by atoms with E-state index >= 15 is 0 Å². The second-order valence-corrected chi connectivity index (χ2v) is 9.17. The molecule has 0 fully saturated rings. The van der Waals surface area contributed by atoms with Crippen molar-refractivity contribution in [1.29, 1.82) is 0 Å². The summed E-state index contributed by atoms with van der Waals surface area (Å²) in [5.74, 6) is -1.30. The van der Waals surface area contributed by atoms with Gasteiger partial charge in [-0.1, -0.05) is 36.4 Å². The molecule has 2 aromatic carbocycles. The smallest absolute Gasteiger partial charge is 0.337 e. The van der Waals surface area contributed by atoms with Gasteiger partial charge in [-0.3, -0.25) is 4.90 Å². The van der Waals surface area contributed by atoms with E-state index in [0.717, 1.165) is 42.6 Å². The predicted octanol–water partition coefficient (Wildman–Crippen LogP) is 5.11. The fourth-order valence-electron chi connectivity index (χ4n) is 5.15. The topological polar surface area (TPSA) is 98.4 Å². The molecular formula is C29H29N3O4. The van der Waals surface area contributed by atoms with E-state index in [0.29, 0.717) is 6.54 Å². The summed E-state index contributed by atoms with van der Waals surface area (Å²) in [7, 11) is 1.37. The summed E-state index contributed by atoms with van der Waals surface area (Å²) in [6, 6.07) is 16.6. The van der Waals surface area contributed by atoms with Gasteiger partial charge in [-0.15, -0.1) is 0 Å².